The minimum atomic E-state index is -0.562. The van der Waals surface area contributed by atoms with Gasteiger partial charge in [-0.2, -0.15) is 0 Å². The molecule has 0 spiro atoms. The summed E-state index contributed by atoms with van der Waals surface area (Å²) in [4.78, 5) is 11.7. The van der Waals surface area contributed by atoms with Gasteiger partial charge in [-0.15, -0.1) is 0 Å². The Morgan fingerprint density at radius 2 is 1.38 bits per heavy atom. The maximum absolute atomic E-state index is 11.7. The molecule has 0 saturated carbocycles. The first kappa shape index (κ1) is 21.9. The van der Waals surface area contributed by atoms with Gasteiger partial charge in [0.2, 0.25) is 5.91 Å². The Morgan fingerprint density at radius 1 is 0.885 bits per heavy atom. The van der Waals surface area contributed by atoms with Gasteiger partial charge < -0.3 is 20.6 Å². The van der Waals surface area contributed by atoms with Gasteiger partial charge in [0.05, 0.1) is 0 Å². The summed E-state index contributed by atoms with van der Waals surface area (Å²) in [5, 5.41) is 30.9. The van der Waals surface area contributed by atoms with Crippen molar-refractivity contribution in [2.24, 2.45) is 0 Å². The van der Waals surface area contributed by atoms with Crippen LogP contribution in [0.1, 0.15) is 76.7 Å². The summed E-state index contributed by atoms with van der Waals surface area (Å²) in [6, 6.07) is 2.56. The van der Waals surface area contributed by atoms with Crippen molar-refractivity contribution in [2.75, 3.05) is 6.54 Å². The van der Waals surface area contributed by atoms with Crippen LogP contribution in [0.25, 0.3) is 6.08 Å². The number of phenols is 3. The first-order valence-corrected chi connectivity index (χ1v) is 9.75. The monoisotopic (exact) mass is 363 g/mol. The predicted molar refractivity (Wildman–Crippen MR) is 105 cm³/mol. The van der Waals surface area contributed by atoms with E-state index in [2.05, 4.69) is 12.2 Å². The zero-order chi connectivity index (χ0) is 19.2. The maximum Gasteiger partial charge on any atom is 0.243 e. The van der Waals surface area contributed by atoms with E-state index >= 15 is 0 Å². The van der Waals surface area contributed by atoms with Crippen molar-refractivity contribution in [3.8, 4) is 17.2 Å². The summed E-state index contributed by atoms with van der Waals surface area (Å²) in [5.74, 6) is -1.62. The molecule has 0 aromatic heterocycles. The fourth-order valence-electron chi connectivity index (χ4n) is 2.78. The lowest BCUT2D eigenvalue weighted by atomic mass is 10.1. The molecule has 0 aliphatic rings. The second-order valence-corrected chi connectivity index (χ2v) is 6.71. The molecule has 26 heavy (non-hydrogen) atoms. The van der Waals surface area contributed by atoms with Crippen LogP contribution in [0.15, 0.2) is 18.2 Å². The number of hydrogen-bond acceptors (Lipinski definition) is 4. The standard InChI is InChI=1S/C21H33NO4/c1-2-3-4-5-6-7-8-9-10-11-14-22-20(25)13-12-17-15-18(23)21(26)19(24)16-17/h12-13,15-16,23-24,26H,2-11,14H2,1H3,(H,22,25)/b13-12+. The van der Waals surface area contributed by atoms with Crippen LogP contribution in [0.5, 0.6) is 17.2 Å². The lowest BCUT2D eigenvalue weighted by Crippen LogP contribution is -2.21. The van der Waals surface area contributed by atoms with Crippen molar-refractivity contribution in [3.05, 3.63) is 23.8 Å². The molecule has 0 heterocycles. The quantitative estimate of drug-likeness (QED) is 0.229. The molecule has 146 valence electrons. The van der Waals surface area contributed by atoms with E-state index in [1.807, 2.05) is 0 Å². The Labute approximate surface area is 156 Å². The van der Waals surface area contributed by atoms with E-state index in [-0.39, 0.29) is 5.91 Å². The fourth-order valence-corrected chi connectivity index (χ4v) is 2.78. The number of amides is 1. The van der Waals surface area contributed by atoms with Crippen molar-refractivity contribution in [3.63, 3.8) is 0 Å². The number of carbonyl (C=O) groups excluding carboxylic acids is 1. The number of hydrogen-bond donors (Lipinski definition) is 4. The molecule has 0 bridgehead atoms. The zero-order valence-corrected chi connectivity index (χ0v) is 15.8. The van der Waals surface area contributed by atoms with Crippen LogP contribution < -0.4 is 5.32 Å². The highest BCUT2D eigenvalue weighted by atomic mass is 16.3. The van der Waals surface area contributed by atoms with Gasteiger partial charge in [-0.25, -0.2) is 0 Å². The van der Waals surface area contributed by atoms with Crippen LogP contribution in [-0.2, 0) is 4.79 Å². The third-order valence-electron chi connectivity index (χ3n) is 4.35. The summed E-state index contributed by atoms with van der Waals surface area (Å²) in [7, 11) is 0. The second kappa shape index (κ2) is 13.1. The highest BCUT2D eigenvalue weighted by molar-refractivity contribution is 5.91. The number of unbranched alkanes of at least 4 members (excludes halogenated alkanes) is 9. The molecule has 0 radical (unpaired) electrons. The lowest BCUT2D eigenvalue weighted by Gasteiger charge is -2.04. The topological polar surface area (TPSA) is 89.8 Å². The Hall–Kier alpha value is -2.17. The third kappa shape index (κ3) is 9.35. The van der Waals surface area contributed by atoms with Gasteiger partial charge in [0, 0.05) is 12.6 Å². The molecule has 1 aromatic rings. The molecule has 1 amide bonds. The number of phenolic OH excluding ortho intramolecular Hbond substituents is 3. The molecular weight excluding hydrogens is 330 g/mol. The van der Waals surface area contributed by atoms with E-state index in [9.17, 15) is 20.1 Å². The highest BCUT2D eigenvalue weighted by Gasteiger charge is 2.06. The van der Waals surface area contributed by atoms with Crippen molar-refractivity contribution in [2.45, 2.75) is 71.1 Å². The smallest absolute Gasteiger partial charge is 0.243 e. The normalized spacial score (nSPS) is 11.1. The van der Waals surface area contributed by atoms with Crippen molar-refractivity contribution in [1.82, 2.24) is 5.32 Å². The fraction of sp³-hybridized carbons (Fsp3) is 0.571. The number of rotatable bonds is 13. The highest BCUT2D eigenvalue weighted by Crippen LogP contribution is 2.35. The zero-order valence-electron chi connectivity index (χ0n) is 15.8. The average molecular weight is 363 g/mol. The van der Waals surface area contributed by atoms with Crippen molar-refractivity contribution in [1.29, 1.82) is 0 Å². The van der Waals surface area contributed by atoms with E-state index in [1.54, 1.807) is 0 Å². The van der Waals surface area contributed by atoms with Crippen LogP contribution in [0, 0.1) is 0 Å². The molecule has 1 rings (SSSR count). The minimum Gasteiger partial charge on any atom is -0.504 e. The van der Waals surface area contributed by atoms with Crippen LogP contribution in [-0.4, -0.2) is 27.8 Å². The summed E-state index contributed by atoms with van der Waals surface area (Å²) < 4.78 is 0. The summed E-state index contributed by atoms with van der Waals surface area (Å²) in [5.41, 5.74) is 0.437. The van der Waals surface area contributed by atoms with Gasteiger partial charge in [0.15, 0.2) is 17.2 Å². The number of nitrogens with one attached hydrogen (secondary N) is 1. The maximum atomic E-state index is 11.7. The number of aromatic hydroxyl groups is 3. The summed E-state index contributed by atoms with van der Waals surface area (Å²) in [6.45, 7) is 2.88. The first-order chi connectivity index (χ1) is 12.5. The van der Waals surface area contributed by atoms with Gasteiger partial charge in [0.25, 0.3) is 0 Å². The molecule has 0 fully saturated rings. The van der Waals surface area contributed by atoms with E-state index in [0.29, 0.717) is 12.1 Å². The van der Waals surface area contributed by atoms with Gasteiger partial charge in [0.1, 0.15) is 0 Å². The average Bonchev–Trinajstić information content (AvgIpc) is 2.62. The Balaban J connectivity index is 2.08. The van der Waals surface area contributed by atoms with E-state index in [0.717, 1.165) is 12.8 Å². The molecule has 5 heteroatoms. The van der Waals surface area contributed by atoms with Gasteiger partial charge in [-0.3, -0.25) is 4.79 Å². The van der Waals surface area contributed by atoms with Crippen LogP contribution in [0.3, 0.4) is 0 Å². The van der Waals surface area contributed by atoms with E-state index < -0.39 is 17.2 Å². The van der Waals surface area contributed by atoms with Crippen molar-refractivity contribution < 1.29 is 20.1 Å². The Bertz CT molecular complexity index is 546. The molecule has 1 aromatic carbocycles. The summed E-state index contributed by atoms with van der Waals surface area (Å²) in [6.07, 6.45) is 15.4. The van der Waals surface area contributed by atoms with Gasteiger partial charge in [-0.05, 0) is 30.2 Å². The molecule has 5 nitrogen and oxygen atoms in total. The van der Waals surface area contributed by atoms with Crippen LogP contribution in [0.2, 0.25) is 0 Å². The lowest BCUT2D eigenvalue weighted by molar-refractivity contribution is -0.116. The second-order valence-electron chi connectivity index (χ2n) is 6.71. The van der Waals surface area contributed by atoms with E-state index in [4.69, 9.17) is 0 Å². The Morgan fingerprint density at radius 3 is 1.92 bits per heavy atom. The Kier molecular flexibility index (Phi) is 11.0. The molecular formula is C21H33NO4. The van der Waals surface area contributed by atoms with Gasteiger partial charge >= 0.3 is 0 Å². The summed E-state index contributed by atoms with van der Waals surface area (Å²) >= 11 is 0. The number of benzene rings is 1. The molecule has 0 unspecified atom stereocenters. The van der Waals surface area contributed by atoms with Crippen LogP contribution >= 0.6 is 0 Å². The van der Waals surface area contributed by atoms with Crippen LogP contribution in [0.4, 0.5) is 0 Å². The number of carbonyl (C=O) groups is 1. The molecule has 4 N–H and O–H groups in total. The largest absolute Gasteiger partial charge is 0.504 e. The molecule has 0 aliphatic heterocycles. The molecule has 0 aliphatic carbocycles. The predicted octanol–water partition coefficient (Wildman–Crippen LogP) is 4.85. The van der Waals surface area contributed by atoms with Crippen molar-refractivity contribution >= 4 is 12.0 Å². The van der Waals surface area contributed by atoms with Gasteiger partial charge in [-0.1, -0.05) is 64.7 Å². The first-order valence-electron chi connectivity index (χ1n) is 9.75. The third-order valence-corrected chi connectivity index (χ3v) is 4.35. The van der Waals surface area contributed by atoms with E-state index in [1.165, 1.54) is 75.7 Å². The molecule has 0 saturated heterocycles. The minimum absolute atomic E-state index is 0.215. The SMILES string of the molecule is CCCCCCCCCCCCNC(=O)/C=C/c1cc(O)c(O)c(O)c1. The molecule has 0 atom stereocenters.